The van der Waals surface area contributed by atoms with Gasteiger partial charge in [-0.3, -0.25) is 4.90 Å². The van der Waals surface area contributed by atoms with Crippen molar-refractivity contribution in [3.8, 4) is 0 Å². The van der Waals surface area contributed by atoms with Crippen molar-refractivity contribution in [3.63, 3.8) is 0 Å². The molecular weight excluding hydrogens is 232 g/mol. The Kier molecular flexibility index (Phi) is 3.68. The summed E-state index contributed by atoms with van der Waals surface area (Å²) in [6.45, 7) is 13.7. The molecule has 0 amide bonds. The fraction of sp³-hybridized carbons (Fsp3) is 1.00. The van der Waals surface area contributed by atoms with E-state index in [0.29, 0.717) is 5.41 Å². The van der Waals surface area contributed by atoms with Crippen LogP contribution in [0.2, 0.25) is 0 Å². The van der Waals surface area contributed by atoms with Crippen molar-refractivity contribution in [1.29, 1.82) is 0 Å². The molecule has 3 aliphatic rings. The normalized spacial score (nSPS) is 46.4. The van der Waals surface area contributed by atoms with Gasteiger partial charge in [0.2, 0.25) is 0 Å². The third kappa shape index (κ3) is 2.58. The highest BCUT2D eigenvalue weighted by molar-refractivity contribution is 5.01. The summed E-state index contributed by atoms with van der Waals surface area (Å²) < 4.78 is 0. The monoisotopic (exact) mass is 264 g/mol. The van der Waals surface area contributed by atoms with Crippen molar-refractivity contribution in [1.82, 2.24) is 10.2 Å². The van der Waals surface area contributed by atoms with Gasteiger partial charge in [0.1, 0.15) is 0 Å². The maximum atomic E-state index is 3.61. The van der Waals surface area contributed by atoms with E-state index < -0.39 is 0 Å². The topological polar surface area (TPSA) is 15.3 Å². The fourth-order valence-corrected chi connectivity index (χ4v) is 5.56. The molecule has 5 unspecified atom stereocenters. The van der Waals surface area contributed by atoms with Gasteiger partial charge in [0.05, 0.1) is 0 Å². The van der Waals surface area contributed by atoms with E-state index in [-0.39, 0.29) is 0 Å². The molecule has 0 bridgehead atoms. The van der Waals surface area contributed by atoms with Gasteiger partial charge in [-0.05, 0) is 61.9 Å². The van der Waals surface area contributed by atoms with Crippen molar-refractivity contribution in [2.24, 2.45) is 23.2 Å². The largest absolute Gasteiger partial charge is 0.316 e. The van der Waals surface area contributed by atoms with Crippen LogP contribution in [-0.2, 0) is 0 Å². The van der Waals surface area contributed by atoms with Gasteiger partial charge in [-0.2, -0.15) is 0 Å². The minimum atomic E-state index is 0.552. The zero-order valence-electron chi connectivity index (χ0n) is 13.3. The molecule has 0 spiro atoms. The smallest absolute Gasteiger partial charge is 0.0140 e. The van der Waals surface area contributed by atoms with E-state index in [1.165, 1.54) is 45.3 Å². The molecule has 0 aromatic heterocycles. The first-order chi connectivity index (χ1) is 9.00. The first kappa shape index (κ1) is 13.9. The van der Waals surface area contributed by atoms with E-state index >= 15 is 0 Å². The molecule has 0 aromatic carbocycles. The van der Waals surface area contributed by atoms with Crippen molar-refractivity contribution < 1.29 is 0 Å². The van der Waals surface area contributed by atoms with Gasteiger partial charge in [-0.25, -0.2) is 0 Å². The lowest BCUT2D eigenvalue weighted by molar-refractivity contribution is 0.0505. The Hall–Kier alpha value is -0.0800. The van der Waals surface area contributed by atoms with Gasteiger partial charge in [-0.1, -0.05) is 27.7 Å². The lowest BCUT2D eigenvalue weighted by Gasteiger charge is -2.45. The molecule has 2 heteroatoms. The summed E-state index contributed by atoms with van der Waals surface area (Å²) in [6, 6.07) is 1.71. The molecule has 2 heterocycles. The first-order valence-corrected chi connectivity index (χ1v) is 8.46. The van der Waals surface area contributed by atoms with Crippen LogP contribution in [0.3, 0.4) is 0 Å². The van der Waals surface area contributed by atoms with E-state index in [0.717, 1.165) is 29.8 Å². The summed E-state index contributed by atoms with van der Waals surface area (Å²) in [4.78, 5) is 2.92. The zero-order valence-corrected chi connectivity index (χ0v) is 13.3. The number of hydrogen-bond donors (Lipinski definition) is 1. The lowest BCUT2D eigenvalue weighted by atomic mass is 9.70. The predicted molar refractivity (Wildman–Crippen MR) is 81.2 cm³/mol. The highest BCUT2D eigenvalue weighted by Crippen LogP contribution is 2.44. The fourth-order valence-electron chi connectivity index (χ4n) is 5.56. The summed E-state index contributed by atoms with van der Waals surface area (Å²) in [5.41, 5.74) is 0.552. The number of rotatable bonds is 2. The summed E-state index contributed by atoms with van der Waals surface area (Å²) in [5.74, 6) is 2.78. The Morgan fingerprint density at radius 1 is 1.21 bits per heavy atom. The third-order valence-corrected chi connectivity index (χ3v) is 6.01. The van der Waals surface area contributed by atoms with E-state index in [1.807, 2.05) is 0 Å². The Morgan fingerprint density at radius 2 is 2.00 bits per heavy atom. The van der Waals surface area contributed by atoms with Gasteiger partial charge in [0, 0.05) is 18.6 Å². The minimum absolute atomic E-state index is 0.552. The van der Waals surface area contributed by atoms with Gasteiger partial charge in [0.15, 0.2) is 0 Å². The van der Waals surface area contributed by atoms with Crippen molar-refractivity contribution in [2.75, 3.05) is 19.6 Å². The van der Waals surface area contributed by atoms with Gasteiger partial charge in [-0.15, -0.1) is 0 Å². The second kappa shape index (κ2) is 5.04. The maximum absolute atomic E-state index is 3.61. The quantitative estimate of drug-likeness (QED) is 0.824. The van der Waals surface area contributed by atoms with Crippen LogP contribution in [0.5, 0.6) is 0 Å². The number of nitrogens with one attached hydrogen (secondary N) is 1. The van der Waals surface area contributed by atoms with E-state index in [1.54, 1.807) is 0 Å². The average molecular weight is 264 g/mol. The van der Waals surface area contributed by atoms with Crippen molar-refractivity contribution in [2.45, 2.75) is 65.5 Å². The molecule has 19 heavy (non-hydrogen) atoms. The number of likely N-dealkylation sites (tertiary alicyclic amines) is 1. The number of hydrogen-bond acceptors (Lipinski definition) is 2. The summed E-state index contributed by atoms with van der Waals surface area (Å²) in [7, 11) is 0. The minimum Gasteiger partial charge on any atom is -0.316 e. The van der Waals surface area contributed by atoms with Gasteiger partial charge >= 0.3 is 0 Å². The molecule has 3 fully saturated rings. The molecule has 1 aliphatic carbocycles. The van der Waals surface area contributed by atoms with Crippen molar-refractivity contribution >= 4 is 0 Å². The third-order valence-electron chi connectivity index (χ3n) is 6.01. The molecule has 1 saturated carbocycles. The lowest BCUT2D eigenvalue weighted by Crippen LogP contribution is -2.47. The predicted octanol–water partition coefficient (Wildman–Crippen LogP) is 3.13. The second-order valence-corrected chi connectivity index (χ2v) is 8.32. The Balaban J connectivity index is 1.74. The SMILES string of the molecule is CCC1C2CNCC2CN1C1CC(C)CC(C)(C)C1. The summed E-state index contributed by atoms with van der Waals surface area (Å²) in [6.07, 6.45) is 5.62. The van der Waals surface area contributed by atoms with E-state index in [2.05, 4.69) is 37.9 Å². The van der Waals surface area contributed by atoms with Crippen LogP contribution in [0, 0.1) is 23.2 Å². The van der Waals surface area contributed by atoms with Crippen molar-refractivity contribution in [3.05, 3.63) is 0 Å². The molecule has 3 rings (SSSR count). The molecule has 5 atom stereocenters. The molecule has 2 aliphatic heterocycles. The van der Waals surface area contributed by atoms with Gasteiger partial charge in [0.25, 0.3) is 0 Å². The van der Waals surface area contributed by atoms with E-state index in [9.17, 15) is 0 Å². The first-order valence-electron chi connectivity index (χ1n) is 8.46. The standard InChI is InChI=1S/C17H32N2/c1-5-16-15-10-18-9-13(15)11-19(16)14-6-12(2)7-17(3,4)8-14/h12-16,18H,5-11H2,1-4H3. The number of fused-ring (bicyclic) bond motifs is 1. The van der Waals surface area contributed by atoms with E-state index in [4.69, 9.17) is 0 Å². The molecule has 2 nitrogen and oxygen atoms in total. The Labute approximate surface area is 119 Å². The summed E-state index contributed by atoms with van der Waals surface area (Å²) >= 11 is 0. The van der Waals surface area contributed by atoms with Crippen LogP contribution in [0.15, 0.2) is 0 Å². The molecule has 2 saturated heterocycles. The highest BCUT2D eigenvalue weighted by atomic mass is 15.2. The van der Waals surface area contributed by atoms with Crippen LogP contribution in [0.4, 0.5) is 0 Å². The molecule has 110 valence electrons. The zero-order chi connectivity index (χ0) is 13.6. The van der Waals surface area contributed by atoms with Crippen LogP contribution in [-0.4, -0.2) is 36.6 Å². The van der Waals surface area contributed by atoms with Gasteiger partial charge < -0.3 is 5.32 Å². The van der Waals surface area contributed by atoms with Crippen LogP contribution < -0.4 is 5.32 Å². The van der Waals surface area contributed by atoms with Crippen LogP contribution >= 0.6 is 0 Å². The Bertz CT molecular complexity index is 325. The average Bonchev–Trinajstić information content (AvgIpc) is 2.84. The van der Waals surface area contributed by atoms with Crippen LogP contribution in [0.1, 0.15) is 53.4 Å². The molecule has 0 radical (unpaired) electrons. The Morgan fingerprint density at radius 3 is 2.68 bits per heavy atom. The molecule has 0 aromatic rings. The maximum Gasteiger partial charge on any atom is 0.0140 e. The number of nitrogens with zero attached hydrogens (tertiary/aromatic N) is 1. The molecular formula is C17H32N2. The van der Waals surface area contributed by atoms with Crippen LogP contribution in [0.25, 0.3) is 0 Å². The second-order valence-electron chi connectivity index (χ2n) is 8.32. The summed E-state index contributed by atoms with van der Waals surface area (Å²) in [5, 5.41) is 3.61. The molecule has 1 N–H and O–H groups in total. The highest BCUT2D eigenvalue weighted by Gasteiger charge is 2.47.